The molecule has 0 aliphatic carbocycles. The summed E-state index contributed by atoms with van der Waals surface area (Å²) >= 11 is 3.43. The van der Waals surface area contributed by atoms with Crippen molar-refractivity contribution in [2.75, 3.05) is 0 Å². The number of ether oxygens (including phenoxy) is 1. The Labute approximate surface area is 115 Å². The molecule has 0 fully saturated rings. The summed E-state index contributed by atoms with van der Waals surface area (Å²) in [5, 5.41) is 2.08. The number of halogens is 1. The first kappa shape index (κ1) is 13.1. The third-order valence-electron chi connectivity index (χ3n) is 2.62. The van der Waals surface area contributed by atoms with Gasteiger partial charge in [-0.3, -0.25) is 4.57 Å². The van der Waals surface area contributed by atoms with Crippen molar-refractivity contribution in [2.45, 2.75) is 33.3 Å². The lowest BCUT2D eigenvalue weighted by Gasteiger charge is -2.19. The van der Waals surface area contributed by atoms with E-state index >= 15 is 0 Å². The summed E-state index contributed by atoms with van der Waals surface area (Å²) in [7, 11) is 0. The fourth-order valence-corrected chi connectivity index (χ4v) is 2.22. The van der Waals surface area contributed by atoms with Crippen molar-refractivity contribution in [3.8, 4) is 0 Å². The second-order valence-electron chi connectivity index (χ2n) is 5.30. The normalized spacial score (nSPS) is 11.8. The summed E-state index contributed by atoms with van der Waals surface area (Å²) in [6, 6.07) is 5.95. The SMILES string of the molecule is Cc1c2ccc(Br)cc2cn1C(=O)OC(C)(C)C. The minimum Gasteiger partial charge on any atom is -0.443 e. The van der Waals surface area contributed by atoms with E-state index in [0.717, 1.165) is 20.9 Å². The molecule has 0 atom stereocenters. The Morgan fingerprint density at radius 3 is 2.61 bits per heavy atom. The van der Waals surface area contributed by atoms with Crippen LogP contribution in [-0.2, 0) is 4.74 Å². The number of hydrogen-bond acceptors (Lipinski definition) is 2. The van der Waals surface area contributed by atoms with E-state index in [2.05, 4.69) is 15.9 Å². The van der Waals surface area contributed by atoms with Crippen LogP contribution in [-0.4, -0.2) is 16.3 Å². The van der Waals surface area contributed by atoms with E-state index in [1.165, 1.54) is 0 Å². The number of carbonyl (C=O) groups excluding carboxylic acids is 1. The fourth-order valence-electron chi connectivity index (χ4n) is 1.84. The molecule has 0 N–H and O–H groups in total. The number of nitrogens with zero attached hydrogens (tertiary/aromatic N) is 1. The quantitative estimate of drug-likeness (QED) is 0.717. The van der Waals surface area contributed by atoms with Crippen LogP contribution in [0.2, 0.25) is 0 Å². The number of rotatable bonds is 0. The Morgan fingerprint density at radius 1 is 1.33 bits per heavy atom. The minimum absolute atomic E-state index is 0.340. The first-order chi connectivity index (χ1) is 8.28. The Morgan fingerprint density at radius 2 is 2.00 bits per heavy atom. The predicted octanol–water partition coefficient (Wildman–Crippen LogP) is 4.50. The maximum atomic E-state index is 12.1. The van der Waals surface area contributed by atoms with Crippen LogP contribution in [0, 0.1) is 6.92 Å². The molecule has 0 aliphatic heterocycles. The molecule has 0 saturated carbocycles. The Bertz CT molecular complexity index is 608. The van der Waals surface area contributed by atoms with Gasteiger partial charge in [-0.2, -0.15) is 0 Å². The third-order valence-corrected chi connectivity index (χ3v) is 3.12. The number of aromatic nitrogens is 1. The van der Waals surface area contributed by atoms with E-state index in [1.54, 1.807) is 4.57 Å². The van der Waals surface area contributed by atoms with Gasteiger partial charge in [-0.05, 0) is 39.8 Å². The third kappa shape index (κ3) is 2.58. The van der Waals surface area contributed by atoms with Crippen LogP contribution in [0.15, 0.2) is 28.9 Å². The van der Waals surface area contributed by atoms with Gasteiger partial charge >= 0.3 is 6.09 Å². The van der Waals surface area contributed by atoms with Gasteiger partial charge in [0.05, 0.1) is 0 Å². The van der Waals surface area contributed by atoms with Gasteiger partial charge in [-0.1, -0.05) is 22.0 Å². The number of hydrogen-bond donors (Lipinski definition) is 0. The van der Waals surface area contributed by atoms with Crippen LogP contribution in [0.5, 0.6) is 0 Å². The molecule has 2 rings (SSSR count). The first-order valence-corrected chi connectivity index (χ1v) is 6.58. The van der Waals surface area contributed by atoms with Crippen molar-refractivity contribution in [3.63, 3.8) is 0 Å². The molecule has 0 radical (unpaired) electrons. The molecule has 18 heavy (non-hydrogen) atoms. The van der Waals surface area contributed by atoms with Crippen LogP contribution in [0.4, 0.5) is 4.79 Å². The topological polar surface area (TPSA) is 31.2 Å². The Balaban J connectivity index is 2.46. The molecular weight excluding hydrogens is 294 g/mol. The van der Waals surface area contributed by atoms with Crippen LogP contribution >= 0.6 is 15.9 Å². The molecule has 0 unspecified atom stereocenters. The molecule has 96 valence electrons. The van der Waals surface area contributed by atoms with E-state index < -0.39 is 5.60 Å². The van der Waals surface area contributed by atoms with Crippen LogP contribution in [0.1, 0.15) is 26.5 Å². The molecule has 0 saturated heterocycles. The Hall–Kier alpha value is -1.29. The lowest BCUT2D eigenvalue weighted by Crippen LogP contribution is -2.27. The zero-order chi connectivity index (χ0) is 13.5. The summed E-state index contributed by atoms with van der Waals surface area (Å²) in [6.07, 6.45) is 1.47. The van der Waals surface area contributed by atoms with E-state index in [9.17, 15) is 4.79 Å². The van der Waals surface area contributed by atoms with Crippen molar-refractivity contribution < 1.29 is 9.53 Å². The monoisotopic (exact) mass is 309 g/mol. The molecule has 0 amide bonds. The molecule has 1 aromatic carbocycles. The maximum Gasteiger partial charge on any atom is 0.418 e. The van der Waals surface area contributed by atoms with Gasteiger partial charge in [-0.25, -0.2) is 4.79 Å². The second-order valence-corrected chi connectivity index (χ2v) is 6.21. The number of benzene rings is 1. The van der Waals surface area contributed by atoms with Gasteiger partial charge in [0.1, 0.15) is 5.60 Å². The highest BCUT2D eigenvalue weighted by molar-refractivity contribution is 9.10. The largest absolute Gasteiger partial charge is 0.443 e. The molecule has 0 aliphatic rings. The first-order valence-electron chi connectivity index (χ1n) is 5.78. The maximum absolute atomic E-state index is 12.1. The molecule has 2 aromatic rings. The lowest BCUT2D eigenvalue weighted by atomic mass is 10.2. The fraction of sp³-hybridized carbons (Fsp3) is 0.357. The van der Waals surface area contributed by atoms with Crippen molar-refractivity contribution in [1.29, 1.82) is 0 Å². The average Bonchev–Trinajstić information content (AvgIpc) is 2.53. The smallest absolute Gasteiger partial charge is 0.418 e. The van der Waals surface area contributed by atoms with Gasteiger partial charge in [0.2, 0.25) is 0 Å². The number of carbonyl (C=O) groups is 1. The summed E-state index contributed by atoms with van der Waals surface area (Å²) in [5.74, 6) is 0. The minimum atomic E-state index is -0.486. The summed E-state index contributed by atoms with van der Waals surface area (Å²) in [5.41, 5.74) is 0.410. The van der Waals surface area contributed by atoms with Gasteiger partial charge < -0.3 is 4.74 Å². The highest BCUT2D eigenvalue weighted by Crippen LogP contribution is 2.25. The van der Waals surface area contributed by atoms with Gasteiger partial charge in [0, 0.05) is 27.1 Å². The summed E-state index contributed by atoms with van der Waals surface area (Å²) < 4.78 is 7.93. The van der Waals surface area contributed by atoms with E-state index in [-0.39, 0.29) is 6.09 Å². The van der Waals surface area contributed by atoms with E-state index in [0.29, 0.717) is 0 Å². The molecule has 1 heterocycles. The van der Waals surface area contributed by atoms with Gasteiger partial charge in [0.25, 0.3) is 0 Å². The summed E-state index contributed by atoms with van der Waals surface area (Å²) in [6.45, 7) is 7.50. The molecule has 0 spiro atoms. The van der Waals surface area contributed by atoms with Gasteiger partial charge in [-0.15, -0.1) is 0 Å². The molecule has 0 bridgehead atoms. The van der Waals surface area contributed by atoms with E-state index in [1.807, 2.05) is 52.1 Å². The second kappa shape index (κ2) is 4.43. The highest BCUT2D eigenvalue weighted by atomic mass is 79.9. The molecule has 4 heteroatoms. The molecule has 1 aromatic heterocycles. The molecule has 3 nitrogen and oxygen atoms in total. The van der Waals surface area contributed by atoms with Crippen LogP contribution in [0.25, 0.3) is 10.8 Å². The van der Waals surface area contributed by atoms with Crippen molar-refractivity contribution in [1.82, 2.24) is 4.57 Å². The predicted molar refractivity (Wildman–Crippen MR) is 76.0 cm³/mol. The standard InChI is InChI=1S/C14H16BrNO2/c1-9-12-6-5-11(15)7-10(12)8-16(9)13(17)18-14(2,3)4/h5-8H,1-4H3. The van der Waals surface area contributed by atoms with Crippen molar-refractivity contribution >= 4 is 32.8 Å². The van der Waals surface area contributed by atoms with E-state index in [4.69, 9.17) is 4.74 Å². The van der Waals surface area contributed by atoms with Crippen LogP contribution < -0.4 is 0 Å². The van der Waals surface area contributed by atoms with Crippen molar-refractivity contribution in [3.05, 3.63) is 34.6 Å². The summed E-state index contributed by atoms with van der Waals surface area (Å²) in [4.78, 5) is 12.1. The van der Waals surface area contributed by atoms with Gasteiger partial charge in [0.15, 0.2) is 0 Å². The number of fused-ring (bicyclic) bond motifs is 1. The zero-order valence-electron chi connectivity index (χ0n) is 11.0. The highest BCUT2D eigenvalue weighted by Gasteiger charge is 2.19. The van der Waals surface area contributed by atoms with Crippen LogP contribution in [0.3, 0.4) is 0 Å². The average molecular weight is 310 g/mol. The Kier molecular flexibility index (Phi) is 3.23. The lowest BCUT2D eigenvalue weighted by molar-refractivity contribution is 0.0535. The molecular formula is C14H16BrNO2. The zero-order valence-corrected chi connectivity index (χ0v) is 12.5. The van der Waals surface area contributed by atoms with Crippen molar-refractivity contribution in [2.24, 2.45) is 0 Å². The number of aryl methyl sites for hydroxylation is 1.